The summed E-state index contributed by atoms with van der Waals surface area (Å²) in [6.45, 7) is 1.21. The predicted octanol–water partition coefficient (Wildman–Crippen LogP) is 4.47. The minimum Gasteiger partial charge on any atom is -0.381 e. The predicted molar refractivity (Wildman–Crippen MR) is 86.2 cm³/mol. The lowest BCUT2D eigenvalue weighted by molar-refractivity contribution is -0.137. The summed E-state index contributed by atoms with van der Waals surface area (Å²) < 4.78 is 67.3. The second-order valence-electron chi connectivity index (χ2n) is 5.18. The third kappa shape index (κ3) is 5.20. The Labute approximate surface area is 147 Å². The van der Waals surface area contributed by atoms with Gasteiger partial charge in [0.15, 0.2) is 11.5 Å². The van der Waals surface area contributed by atoms with E-state index >= 15 is 0 Å². The highest BCUT2D eigenvalue weighted by molar-refractivity contribution is 7.86. The number of ketones is 1. The maximum absolute atomic E-state index is 12.7. The van der Waals surface area contributed by atoms with E-state index in [0.29, 0.717) is 0 Å². The van der Waals surface area contributed by atoms with Crippen molar-refractivity contribution in [1.82, 2.24) is 0 Å². The molecular weight excluding hydrogens is 381 g/mol. The molecule has 0 N–H and O–H groups in total. The van der Waals surface area contributed by atoms with Crippen LogP contribution >= 0.6 is 11.6 Å². The Kier molecular flexibility index (Phi) is 5.43. The van der Waals surface area contributed by atoms with Crippen LogP contribution in [-0.4, -0.2) is 14.2 Å². The molecule has 0 bridgehead atoms. The van der Waals surface area contributed by atoms with E-state index in [9.17, 15) is 26.4 Å². The number of hydrogen-bond acceptors (Lipinski definition) is 4. The molecule has 0 radical (unpaired) electrons. The van der Waals surface area contributed by atoms with Gasteiger partial charge in [0, 0.05) is 5.02 Å². The van der Waals surface area contributed by atoms with Crippen LogP contribution in [0.15, 0.2) is 42.5 Å². The van der Waals surface area contributed by atoms with Crippen LogP contribution in [-0.2, 0) is 22.0 Å². The standard InChI is InChI=1S/C16H12ClF3O4S/c1-10(21)14-8-13(17)5-6-15(14)24-25(22,23)9-11-3-2-4-12(7-11)16(18,19)20/h2-8H,9H2,1H3. The molecule has 4 nitrogen and oxygen atoms in total. The lowest BCUT2D eigenvalue weighted by atomic mass is 10.1. The van der Waals surface area contributed by atoms with Crippen molar-refractivity contribution >= 4 is 27.5 Å². The topological polar surface area (TPSA) is 60.4 Å². The van der Waals surface area contributed by atoms with Crippen LogP contribution in [0.25, 0.3) is 0 Å². The molecule has 0 saturated carbocycles. The maximum Gasteiger partial charge on any atom is 0.416 e. The molecule has 2 rings (SSSR count). The molecule has 0 spiro atoms. The largest absolute Gasteiger partial charge is 0.416 e. The molecule has 0 fully saturated rings. The van der Waals surface area contributed by atoms with Crippen molar-refractivity contribution in [3.8, 4) is 5.75 Å². The van der Waals surface area contributed by atoms with Gasteiger partial charge in [0.25, 0.3) is 0 Å². The Morgan fingerprint density at radius 1 is 1.16 bits per heavy atom. The van der Waals surface area contributed by atoms with Crippen LogP contribution in [0.1, 0.15) is 28.4 Å². The lowest BCUT2D eigenvalue weighted by Gasteiger charge is -2.12. The van der Waals surface area contributed by atoms with E-state index in [0.717, 1.165) is 18.2 Å². The molecule has 0 aliphatic carbocycles. The Bertz CT molecular complexity index is 908. The van der Waals surface area contributed by atoms with Gasteiger partial charge in [0.1, 0.15) is 5.75 Å². The third-order valence-electron chi connectivity index (χ3n) is 3.14. The average Bonchev–Trinajstić information content (AvgIpc) is 2.47. The molecule has 0 amide bonds. The van der Waals surface area contributed by atoms with E-state index < -0.39 is 33.4 Å². The number of benzene rings is 2. The van der Waals surface area contributed by atoms with Gasteiger partial charge in [-0.1, -0.05) is 29.8 Å². The molecule has 0 saturated heterocycles. The molecule has 0 heterocycles. The molecule has 134 valence electrons. The lowest BCUT2D eigenvalue weighted by Crippen LogP contribution is -2.14. The number of alkyl halides is 3. The zero-order chi connectivity index (χ0) is 18.8. The summed E-state index contributed by atoms with van der Waals surface area (Å²) in [5, 5.41) is 0.216. The highest BCUT2D eigenvalue weighted by atomic mass is 35.5. The molecule has 0 atom stereocenters. The van der Waals surface area contributed by atoms with E-state index in [1.807, 2.05) is 0 Å². The summed E-state index contributed by atoms with van der Waals surface area (Å²) in [4.78, 5) is 11.6. The number of carbonyl (C=O) groups is 1. The summed E-state index contributed by atoms with van der Waals surface area (Å²) in [5.74, 6) is -1.48. The van der Waals surface area contributed by atoms with E-state index in [-0.39, 0.29) is 21.9 Å². The molecule has 0 unspecified atom stereocenters. The van der Waals surface area contributed by atoms with Gasteiger partial charge in [-0.2, -0.15) is 21.6 Å². The smallest absolute Gasteiger partial charge is 0.381 e. The summed E-state index contributed by atoms with van der Waals surface area (Å²) in [5.41, 5.74) is -1.09. The highest BCUT2D eigenvalue weighted by Gasteiger charge is 2.31. The quantitative estimate of drug-likeness (QED) is 0.556. The Balaban J connectivity index is 2.28. The zero-order valence-electron chi connectivity index (χ0n) is 12.8. The second kappa shape index (κ2) is 7.05. The van der Waals surface area contributed by atoms with Crippen molar-refractivity contribution < 1.29 is 30.6 Å². The van der Waals surface area contributed by atoms with Crippen LogP contribution in [0.4, 0.5) is 13.2 Å². The molecule has 25 heavy (non-hydrogen) atoms. The number of carbonyl (C=O) groups excluding carboxylic acids is 1. The normalized spacial score (nSPS) is 12.0. The maximum atomic E-state index is 12.7. The SMILES string of the molecule is CC(=O)c1cc(Cl)ccc1OS(=O)(=O)Cc1cccc(C(F)(F)F)c1. The Hall–Kier alpha value is -2.06. The molecule has 0 aliphatic rings. The van der Waals surface area contributed by atoms with Gasteiger partial charge in [-0.05, 0) is 36.8 Å². The molecule has 0 aromatic heterocycles. The van der Waals surface area contributed by atoms with E-state index in [4.69, 9.17) is 15.8 Å². The van der Waals surface area contributed by atoms with Crippen LogP contribution in [0.3, 0.4) is 0 Å². The zero-order valence-corrected chi connectivity index (χ0v) is 14.4. The van der Waals surface area contributed by atoms with E-state index in [1.54, 1.807) is 0 Å². The number of rotatable bonds is 5. The van der Waals surface area contributed by atoms with E-state index in [2.05, 4.69) is 0 Å². The molecule has 2 aromatic rings. The van der Waals surface area contributed by atoms with Gasteiger partial charge in [-0.15, -0.1) is 0 Å². The fourth-order valence-corrected chi connectivity index (χ4v) is 3.30. The summed E-state index contributed by atoms with van der Waals surface area (Å²) in [7, 11) is -4.28. The van der Waals surface area contributed by atoms with Crippen LogP contribution in [0.5, 0.6) is 5.75 Å². The molecule has 2 aromatic carbocycles. The Morgan fingerprint density at radius 3 is 2.44 bits per heavy atom. The summed E-state index contributed by atoms with van der Waals surface area (Å²) in [6.07, 6.45) is -4.58. The Morgan fingerprint density at radius 2 is 1.84 bits per heavy atom. The fourth-order valence-electron chi connectivity index (χ4n) is 2.06. The minimum absolute atomic E-state index is 0.0416. The first-order valence-corrected chi connectivity index (χ1v) is 8.82. The average molecular weight is 393 g/mol. The summed E-state index contributed by atoms with van der Waals surface area (Å²) >= 11 is 5.76. The van der Waals surface area contributed by atoms with E-state index in [1.165, 1.54) is 31.2 Å². The number of hydrogen-bond donors (Lipinski definition) is 0. The van der Waals surface area contributed by atoms with Gasteiger partial charge >= 0.3 is 16.3 Å². The van der Waals surface area contributed by atoms with Gasteiger partial charge < -0.3 is 4.18 Å². The van der Waals surface area contributed by atoms with Crippen LogP contribution < -0.4 is 4.18 Å². The minimum atomic E-state index is -4.58. The number of halogens is 4. The first-order valence-electron chi connectivity index (χ1n) is 6.87. The van der Waals surface area contributed by atoms with Gasteiger partial charge in [-0.25, -0.2) is 0 Å². The third-order valence-corrected chi connectivity index (χ3v) is 4.49. The monoisotopic (exact) mass is 392 g/mol. The first-order chi connectivity index (χ1) is 11.5. The second-order valence-corrected chi connectivity index (χ2v) is 7.19. The van der Waals surface area contributed by atoms with Crippen molar-refractivity contribution in [2.45, 2.75) is 18.9 Å². The molecular formula is C16H12ClF3O4S. The molecule has 9 heteroatoms. The van der Waals surface area contributed by atoms with Crippen LogP contribution in [0, 0.1) is 0 Å². The number of Topliss-reactive ketones (excluding diaryl/α,β-unsaturated/α-hetero) is 1. The van der Waals surface area contributed by atoms with Crippen molar-refractivity contribution in [2.24, 2.45) is 0 Å². The van der Waals surface area contributed by atoms with Crippen molar-refractivity contribution in [2.75, 3.05) is 0 Å². The van der Waals surface area contributed by atoms with Crippen LogP contribution in [0.2, 0.25) is 5.02 Å². The van der Waals surface area contributed by atoms with Crippen molar-refractivity contribution in [1.29, 1.82) is 0 Å². The summed E-state index contributed by atoms with van der Waals surface area (Å²) in [6, 6.07) is 7.71. The fraction of sp³-hybridized carbons (Fsp3) is 0.188. The first kappa shape index (κ1) is 19.3. The van der Waals surface area contributed by atoms with Gasteiger partial charge in [0.05, 0.1) is 11.1 Å². The van der Waals surface area contributed by atoms with Crippen molar-refractivity contribution in [3.63, 3.8) is 0 Å². The van der Waals surface area contributed by atoms with Crippen molar-refractivity contribution in [3.05, 3.63) is 64.2 Å². The molecule has 0 aliphatic heterocycles. The van der Waals surface area contributed by atoms with Gasteiger partial charge in [0.2, 0.25) is 0 Å². The van der Waals surface area contributed by atoms with Gasteiger partial charge in [-0.3, -0.25) is 4.79 Å². The highest BCUT2D eigenvalue weighted by Crippen LogP contribution is 2.30.